The second kappa shape index (κ2) is 7.18. The average molecular weight is 265 g/mol. The third kappa shape index (κ3) is 4.27. The van der Waals surface area contributed by atoms with Gasteiger partial charge in [0, 0.05) is 44.4 Å². The van der Waals surface area contributed by atoms with Gasteiger partial charge in [-0.2, -0.15) is 0 Å². The van der Waals surface area contributed by atoms with Crippen molar-refractivity contribution in [2.24, 2.45) is 0 Å². The highest BCUT2D eigenvalue weighted by Gasteiger charge is 2.12. The first-order valence-electron chi connectivity index (χ1n) is 6.50. The number of para-hydroxylation sites is 1. The van der Waals surface area contributed by atoms with Gasteiger partial charge in [-0.15, -0.1) is 0 Å². The molecule has 0 amide bonds. The molecule has 0 aromatic heterocycles. The van der Waals surface area contributed by atoms with Crippen molar-refractivity contribution < 1.29 is 9.66 Å². The fourth-order valence-corrected chi connectivity index (χ4v) is 2.12. The summed E-state index contributed by atoms with van der Waals surface area (Å²) < 4.78 is 5.28. The predicted molar refractivity (Wildman–Crippen MR) is 72.1 cm³/mol. The molecule has 1 saturated heterocycles. The van der Waals surface area contributed by atoms with Gasteiger partial charge in [0.25, 0.3) is 5.69 Å². The van der Waals surface area contributed by atoms with Crippen LogP contribution in [0.15, 0.2) is 24.3 Å². The Labute approximate surface area is 112 Å². The molecule has 1 fully saturated rings. The lowest BCUT2D eigenvalue weighted by Crippen LogP contribution is -2.40. The first kappa shape index (κ1) is 13.9. The lowest BCUT2D eigenvalue weighted by Gasteiger charge is -2.26. The number of morpholine rings is 1. The van der Waals surface area contributed by atoms with Crippen LogP contribution in [0.25, 0.3) is 0 Å². The summed E-state index contributed by atoms with van der Waals surface area (Å²) in [7, 11) is 0. The van der Waals surface area contributed by atoms with E-state index in [0.717, 1.165) is 45.0 Å². The standard InChI is InChI=1S/C13H19N3O3/c17-16(18)13-4-2-1-3-12(13)11-14-5-6-15-7-9-19-10-8-15/h1-4,14H,5-11H2. The van der Waals surface area contributed by atoms with Crippen molar-refractivity contribution in [3.05, 3.63) is 39.9 Å². The van der Waals surface area contributed by atoms with E-state index < -0.39 is 0 Å². The van der Waals surface area contributed by atoms with Crippen molar-refractivity contribution in [3.63, 3.8) is 0 Å². The summed E-state index contributed by atoms with van der Waals surface area (Å²) in [6, 6.07) is 6.85. The smallest absolute Gasteiger partial charge is 0.273 e. The molecule has 1 aromatic carbocycles. The topological polar surface area (TPSA) is 67.6 Å². The Hall–Kier alpha value is -1.50. The minimum atomic E-state index is -0.334. The minimum Gasteiger partial charge on any atom is -0.379 e. The molecule has 1 N–H and O–H groups in total. The predicted octanol–water partition coefficient (Wildman–Crippen LogP) is 1.02. The maximum atomic E-state index is 10.9. The summed E-state index contributed by atoms with van der Waals surface area (Å²) in [4.78, 5) is 12.9. The lowest BCUT2D eigenvalue weighted by molar-refractivity contribution is -0.385. The van der Waals surface area contributed by atoms with Gasteiger partial charge < -0.3 is 10.1 Å². The lowest BCUT2D eigenvalue weighted by atomic mass is 10.2. The zero-order valence-electron chi connectivity index (χ0n) is 10.9. The van der Waals surface area contributed by atoms with Crippen molar-refractivity contribution in [1.82, 2.24) is 10.2 Å². The Kier molecular flexibility index (Phi) is 5.26. The van der Waals surface area contributed by atoms with Crippen LogP contribution in [0.5, 0.6) is 0 Å². The Balaban J connectivity index is 1.74. The zero-order valence-corrected chi connectivity index (χ0v) is 10.9. The van der Waals surface area contributed by atoms with Gasteiger partial charge in [-0.3, -0.25) is 15.0 Å². The largest absolute Gasteiger partial charge is 0.379 e. The normalized spacial score (nSPS) is 16.4. The van der Waals surface area contributed by atoms with Crippen LogP contribution >= 0.6 is 0 Å². The molecule has 0 atom stereocenters. The molecule has 0 spiro atoms. The van der Waals surface area contributed by atoms with Crippen LogP contribution in [-0.2, 0) is 11.3 Å². The van der Waals surface area contributed by atoms with Crippen molar-refractivity contribution in [2.75, 3.05) is 39.4 Å². The van der Waals surface area contributed by atoms with E-state index in [2.05, 4.69) is 10.2 Å². The Bertz CT molecular complexity index is 419. The van der Waals surface area contributed by atoms with Crippen molar-refractivity contribution in [3.8, 4) is 0 Å². The molecule has 2 rings (SSSR count). The zero-order chi connectivity index (χ0) is 13.5. The monoisotopic (exact) mass is 265 g/mol. The highest BCUT2D eigenvalue weighted by Crippen LogP contribution is 2.16. The number of benzene rings is 1. The molecule has 0 saturated carbocycles. The average Bonchev–Trinajstić information content (AvgIpc) is 2.45. The van der Waals surface area contributed by atoms with Crippen LogP contribution in [0.1, 0.15) is 5.56 Å². The van der Waals surface area contributed by atoms with Crippen molar-refractivity contribution in [1.29, 1.82) is 0 Å². The number of nitrogens with one attached hydrogen (secondary N) is 1. The molecule has 104 valence electrons. The third-order valence-electron chi connectivity index (χ3n) is 3.21. The third-order valence-corrected chi connectivity index (χ3v) is 3.21. The second-order valence-corrected chi connectivity index (χ2v) is 4.52. The van der Waals surface area contributed by atoms with E-state index in [1.54, 1.807) is 18.2 Å². The number of ether oxygens (including phenoxy) is 1. The van der Waals surface area contributed by atoms with E-state index in [-0.39, 0.29) is 10.6 Å². The number of nitrogens with zero attached hydrogens (tertiary/aromatic N) is 2. The summed E-state index contributed by atoms with van der Waals surface area (Å²) in [5.41, 5.74) is 0.913. The summed E-state index contributed by atoms with van der Waals surface area (Å²) in [6.45, 7) is 5.83. The fourth-order valence-electron chi connectivity index (χ4n) is 2.12. The SMILES string of the molecule is O=[N+]([O-])c1ccccc1CNCCN1CCOCC1. The second-order valence-electron chi connectivity index (χ2n) is 4.52. The van der Waals surface area contributed by atoms with Gasteiger partial charge in [0.15, 0.2) is 0 Å². The Morgan fingerprint density at radius 2 is 2.05 bits per heavy atom. The number of hydrogen-bond donors (Lipinski definition) is 1. The number of nitro benzene ring substituents is 1. The van der Waals surface area contributed by atoms with E-state index in [1.165, 1.54) is 0 Å². The van der Waals surface area contributed by atoms with E-state index in [1.807, 2.05) is 6.07 Å². The molecule has 1 aliphatic rings. The molecule has 0 radical (unpaired) electrons. The van der Waals surface area contributed by atoms with E-state index in [4.69, 9.17) is 4.74 Å². The number of hydrogen-bond acceptors (Lipinski definition) is 5. The highest BCUT2D eigenvalue weighted by molar-refractivity contribution is 5.39. The molecule has 19 heavy (non-hydrogen) atoms. The fraction of sp³-hybridized carbons (Fsp3) is 0.538. The van der Waals surface area contributed by atoms with Crippen LogP contribution in [0.4, 0.5) is 5.69 Å². The summed E-state index contributed by atoms with van der Waals surface area (Å²) in [5.74, 6) is 0. The maximum Gasteiger partial charge on any atom is 0.273 e. The van der Waals surface area contributed by atoms with Gasteiger partial charge in [-0.1, -0.05) is 18.2 Å². The van der Waals surface area contributed by atoms with E-state index >= 15 is 0 Å². The van der Waals surface area contributed by atoms with Gasteiger partial charge in [-0.05, 0) is 0 Å². The van der Waals surface area contributed by atoms with Crippen LogP contribution in [-0.4, -0.2) is 49.2 Å². The molecule has 6 nitrogen and oxygen atoms in total. The van der Waals surface area contributed by atoms with Gasteiger partial charge in [0.2, 0.25) is 0 Å². The van der Waals surface area contributed by atoms with Crippen LogP contribution in [0.2, 0.25) is 0 Å². The first-order chi connectivity index (χ1) is 9.27. The summed E-state index contributed by atoms with van der Waals surface area (Å²) >= 11 is 0. The first-order valence-corrected chi connectivity index (χ1v) is 6.50. The molecule has 0 bridgehead atoms. The van der Waals surface area contributed by atoms with Gasteiger partial charge >= 0.3 is 0 Å². The highest BCUT2D eigenvalue weighted by atomic mass is 16.6. The molecular weight excluding hydrogens is 246 g/mol. The molecule has 0 unspecified atom stereocenters. The summed E-state index contributed by atoms with van der Waals surface area (Å²) in [6.07, 6.45) is 0. The molecule has 1 heterocycles. The minimum absolute atomic E-state index is 0.182. The number of nitro groups is 1. The molecule has 1 aliphatic heterocycles. The van der Waals surface area contributed by atoms with Gasteiger partial charge in [0.05, 0.1) is 18.1 Å². The van der Waals surface area contributed by atoms with Gasteiger partial charge in [-0.25, -0.2) is 0 Å². The van der Waals surface area contributed by atoms with Crippen LogP contribution in [0.3, 0.4) is 0 Å². The summed E-state index contributed by atoms with van der Waals surface area (Å²) in [5, 5.41) is 14.1. The Morgan fingerprint density at radius 1 is 1.32 bits per heavy atom. The molecular formula is C13H19N3O3. The van der Waals surface area contributed by atoms with Crippen molar-refractivity contribution in [2.45, 2.75) is 6.54 Å². The molecule has 1 aromatic rings. The van der Waals surface area contributed by atoms with Crippen LogP contribution in [0, 0.1) is 10.1 Å². The van der Waals surface area contributed by atoms with Gasteiger partial charge in [0.1, 0.15) is 0 Å². The molecule has 6 heteroatoms. The number of rotatable bonds is 6. The van der Waals surface area contributed by atoms with E-state index in [9.17, 15) is 10.1 Å². The quantitative estimate of drug-likeness (QED) is 0.472. The van der Waals surface area contributed by atoms with Crippen molar-refractivity contribution >= 4 is 5.69 Å². The van der Waals surface area contributed by atoms with E-state index in [0.29, 0.717) is 6.54 Å². The van der Waals surface area contributed by atoms with Crippen LogP contribution < -0.4 is 5.32 Å². The Morgan fingerprint density at radius 3 is 2.79 bits per heavy atom. The maximum absolute atomic E-state index is 10.9. The molecule has 0 aliphatic carbocycles.